The zero-order valence-electron chi connectivity index (χ0n) is 16.7. The first-order valence-corrected chi connectivity index (χ1v) is 9.97. The number of carbonyl (C=O) groups excluding carboxylic acids is 1. The molecule has 31 heavy (non-hydrogen) atoms. The lowest BCUT2D eigenvalue weighted by atomic mass is 10.2. The number of unbranched alkanes of at least 4 members (excludes halogenated alkanes) is 1. The highest BCUT2D eigenvalue weighted by atomic mass is 32.2. The molecule has 0 bridgehead atoms. The van der Waals surface area contributed by atoms with Crippen molar-refractivity contribution >= 4 is 29.6 Å². The van der Waals surface area contributed by atoms with Crippen LogP contribution in [0.5, 0.6) is 11.5 Å². The van der Waals surface area contributed by atoms with E-state index in [1.54, 1.807) is 0 Å². The van der Waals surface area contributed by atoms with Crippen LogP contribution in [0.3, 0.4) is 0 Å². The molecule has 3 N–H and O–H groups in total. The second kappa shape index (κ2) is 11.5. The van der Waals surface area contributed by atoms with E-state index in [9.17, 15) is 24.5 Å². The third-order valence-corrected chi connectivity index (χ3v) is 4.60. The van der Waals surface area contributed by atoms with Crippen LogP contribution in [0.4, 0.5) is 5.69 Å². The Bertz CT molecular complexity index is 1080. The summed E-state index contributed by atoms with van der Waals surface area (Å²) in [6.07, 6.45) is 2.80. The summed E-state index contributed by atoms with van der Waals surface area (Å²) in [6.45, 7) is 2.28. The Balaban J connectivity index is 2.06. The van der Waals surface area contributed by atoms with Gasteiger partial charge in [-0.3, -0.25) is 24.7 Å². The molecule has 0 fully saturated rings. The molecule has 0 saturated carbocycles. The summed E-state index contributed by atoms with van der Waals surface area (Å²) in [5.41, 5.74) is 0.773. The second-order valence-electron chi connectivity index (χ2n) is 5.92. The Morgan fingerprint density at radius 2 is 2.19 bits per heavy atom. The maximum absolute atomic E-state index is 11.9. The van der Waals surface area contributed by atoms with Crippen LogP contribution in [-0.2, 0) is 4.79 Å². The molecule has 0 radical (unpaired) electrons. The van der Waals surface area contributed by atoms with Crippen LogP contribution in [0.2, 0.25) is 0 Å². The fourth-order valence-corrected chi connectivity index (χ4v) is 2.84. The largest absolute Gasteiger partial charge is 0.493 e. The molecule has 0 atom stereocenters. The number of ether oxygens (including phenoxy) is 2. The number of thioether (sulfide) groups is 1. The molecule has 166 valence electrons. The Hall–Kier alpha value is -3.68. The third kappa shape index (κ3) is 6.95. The molecule has 2 rings (SSSR count). The topological polar surface area (TPSA) is 182 Å². The maximum Gasteiger partial charge on any atom is 0.342 e. The minimum absolute atomic E-state index is 0.0251. The van der Waals surface area contributed by atoms with Gasteiger partial charge < -0.3 is 9.47 Å². The number of hydrazone groups is 1. The standard InChI is InChI=1S/C17H20N6O7S/c1-3-4-5-30-14-11(23(27)28)6-10(7-12(14)29-2)8-18-20-13(24)9-31-16-15(25)19-17(26)22-21-16/h6-8H,3-5,9H2,1-2H3,(H,20,24)(H2,19,22,25,26)/b18-8+. The summed E-state index contributed by atoms with van der Waals surface area (Å²) in [6, 6.07) is 2.74. The molecule has 2 aromatic rings. The SMILES string of the molecule is CCCCOc1c(OC)cc(/C=N/NC(=O)CSc2n[nH]c(=O)[nH]c2=O)cc1[N+](=O)[O-]. The van der Waals surface area contributed by atoms with Gasteiger partial charge in [-0.1, -0.05) is 25.1 Å². The van der Waals surface area contributed by atoms with E-state index in [1.165, 1.54) is 25.5 Å². The minimum Gasteiger partial charge on any atom is -0.493 e. The Kier molecular flexibility index (Phi) is 8.75. The van der Waals surface area contributed by atoms with Crippen molar-refractivity contribution in [2.75, 3.05) is 19.5 Å². The Morgan fingerprint density at radius 1 is 1.42 bits per heavy atom. The van der Waals surface area contributed by atoms with Crippen molar-refractivity contribution < 1.29 is 19.2 Å². The number of carbonyl (C=O) groups is 1. The minimum atomic E-state index is -0.755. The molecule has 1 aromatic carbocycles. The van der Waals surface area contributed by atoms with Gasteiger partial charge in [0.25, 0.3) is 5.56 Å². The Labute approximate surface area is 179 Å². The van der Waals surface area contributed by atoms with Gasteiger partial charge in [-0.2, -0.15) is 10.2 Å². The predicted octanol–water partition coefficient (Wildman–Crippen LogP) is 0.796. The van der Waals surface area contributed by atoms with Gasteiger partial charge in [-0.05, 0) is 12.5 Å². The van der Waals surface area contributed by atoms with Crippen molar-refractivity contribution in [3.05, 3.63) is 48.6 Å². The number of nitro benzene ring substituents is 1. The van der Waals surface area contributed by atoms with E-state index >= 15 is 0 Å². The Morgan fingerprint density at radius 3 is 2.84 bits per heavy atom. The number of nitrogens with zero attached hydrogens (tertiary/aromatic N) is 3. The predicted molar refractivity (Wildman–Crippen MR) is 112 cm³/mol. The molecule has 1 amide bonds. The lowest BCUT2D eigenvalue weighted by molar-refractivity contribution is -0.386. The van der Waals surface area contributed by atoms with E-state index in [4.69, 9.17) is 9.47 Å². The van der Waals surface area contributed by atoms with Crippen LogP contribution in [0.15, 0.2) is 31.8 Å². The van der Waals surface area contributed by atoms with Crippen LogP contribution in [-0.4, -0.2) is 51.7 Å². The van der Waals surface area contributed by atoms with E-state index in [2.05, 4.69) is 20.7 Å². The molecule has 1 heterocycles. The molecule has 0 aliphatic rings. The monoisotopic (exact) mass is 452 g/mol. The molecule has 0 aliphatic heterocycles. The number of rotatable bonds is 11. The average molecular weight is 452 g/mol. The number of nitrogens with one attached hydrogen (secondary N) is 3. The fourth-order valence-electron chi connectivity index (χ4n) is 2.21. The van der Waals surface area contributed by atoms with Gasteiger partial charge in [-0.25, -0.2) is 15.3 Å². The number of amides is 1. The van der Waals surface area contributed by atoms with Gasteiger partial charge in [-0.15, -0.1) is 0 Å². The molecule has 0 saturated heterocycles. The van der Waals surface area contributed by atoms with E-state index < -0.39 is 22.1 Å². The lowest BCUT2D eigenvalue weighted by Crippen LogP contribution is -2.26. The van der Waals surface area contributed by atoms with Crippen molar-refractivity contribution in [1.29, 1.82) is 0 Å². The number of H-pyrrole nitrogens is 2. The van der Waals surface area contributed by atoms with Gasteiger partial charge in [0.15, 0.2) is 10.8 Å². The second-order valence-corrected chi connectivity index (χ2v) is 6.89. The van der Waals surface area contributed by atoms with Gasteiger partial charge in [0.05, 0.1) is 30.6 Å². The van der Waals surface area contributed by atoms with Gasteiger partial charge in [0, 0.05) is 11.6 Å². The number of methoxy groups -OCH3 is 1. The number of hydrogen-bond acceptors (Lipinski definition) is 10. The summed E-state index contributed by atoms with van der Waals surface area (Å²) >= 11 is 0.797. The fraction of sp³-hybridized carbons (Fsp3) is 0.353. The zero-order valence-corrected chi connectivity index (χ0v) is 17.5. The highest BCUT2D eigenvalue weighted by molar-refractivity contribution is 7.99. The molecule has 13 nitrogen and oxygen atoms in total. The first kappa shape index (κ1) is 23.6. The van der Waals surface area contributed by atoms with Crippen LogP contribution >= 0.6 is 11.8 Å². The number of benzene rings is 1. The van der Waals surface area contributed by atoms with Crippen molar-refractivity contribution in [3.63, 3.8) is 0 Å². The summed E-state index contributed by atoms with van der Waals surface area (Å²) in [4.78, 5) is 47.1. The smallest absolute Gasteiger partial charge is 0.342 e. The molecular formula is C17H20N6O7S. The third-order valence-electron chi connectivity index (χ3n) is 3.64. The van der Waals surface area contributed by atoms with Crippen LogP contribution < -0.4 is 26.1 Å². The highest BCUT2D eigenvalue weighted by Gasteiger charge is 2.22. The molecular weight excluding hydrogens is 432 g/mol. The first-order chi connectivity index (χ1) is 14.8. The molecule has 0 aliphatic carbocycles. The summed E-state index contributed by atoms with van der Waals surface area (Å²) < 4.78 is 10.7. The van der Waals surface area contributed by atoms with Gasteiger partial charge >= 0.3 is 11.4 Å². The van der Waals surface area contributed by atoms with Crippen LogP contribution in [0.1, 0.15) is 25.3 Å². The van der Waals surface area contributed by atoms with E-state index in [1.807, 2.05) is 11.9 Å². The number of hydrogen-bond donors (Lipinski definition) is 3. The quantitative estimate of drug-likeness (QED) is 0.146. The number of aromatic nitrogens is 3. The van der Waals surface area contributed by atoms with Crippen molar-refractivity contribution in [2.45, 2.75) is 24.8 Å². The summed E-state index contributed by atoms with van der Waals surface area (Å²) in [7, 11) is 1.36. The maximum atomic E-state index is 11.9. The summed E-state index contributed by atoms with van der Waals surface area (Å²) in [5.74, 6) is -0.573. The van der Waals surface area contributed by atoms with Crippen LogP contribution in [0, 0.1) is 10.1 Å². The average Bonchev–Trinajstić information content (AvgIpc) is 2.73. The molecule has 14 heteroatoms. The van der Waals surface area contributed by atoms with Crippen LogP contribution in [0.25, 0.3) is 0 Å². The van der Waals surface area contributed by atoms with Crippen molar-refractivity contribution in [1.82, 2.24) is 20.6 Å². The normalized spacial score (nSPS) is 10.8. The van der Waals surface area contributed by atoms with Crippen molar-refractivity contribution in [2.24, 2.45) is 5.10 Å². The highest BCUT2D eigenvalue weighted by Crippen LogP contribution is 2.38. The van der Waals surface area contributed by atoms with Gasteiger partial charge in [0.2, 0.25) is 11.7 Å². The molecule has 1 aromatic heterocycles. The van der Waals surface area contributed by atoms with Gasteiger partial charge in [0.1, 0.15) is 0 Å². The molecule has 0 unspecified atom stereocenters. The first-order valence-electron chi connectivity index (χ1n) is 8.98. The van der Waals surface area contributed by atoms with E-state index in [0.29, 0.717) is 12.2 Å². The zero-order chi connectivity index (χ0) is 22.8. The molecule has 0 spiro atoms. The number of nitro groups is 1. The number of aromatic amines is 2. The summed E-state index contributed by atoms with van der Waals surface area (Å²) in [5, 5.41) is 20.7. The van der Waals surface area contributed by atoms with E-state index in [-0.39, 0.29) is 28.0 Å². The lowest BCUT2D eigenvalue weighted by Gasteiger charge is -2.11. The van der Waals surface area contributed by atoms with Crippen molar-refractivity contribution in [3.8, 4) is 11.5 Å². The van der Waals surface area contributed by atoms with E-state index in [0.717, 1.165) is 24.6 Å².